The fourth-order valence-electron chi connectivity index (χ4n) is 1.51. The molecule has 0 fully saturated rings. The van der Waals surface area contributed by atoms with E-state index in [0.29, 0.717) is 5.69 Å². The Morgan fingerprint density at radius 1 is 1.50 bits per heavy atom. The number of benzene rings is 1. The number of hydrogen-bond donors (Lipinski definition) is 1. The van der Waals surface area contributed by atoms with Gasteiger partial charge in [0.2, 0.25) is 0 Å². The topological polar surface area (TPSA) is 45.8 Å². The second-order valence-corrected chi connectivity index (χ2v) is 4.19. The van der Waals surface area contributed by atoms with Gasteiger partial charge < -0.3 is 0 Å². The van der Waals surface area contributed by atoms with Gasteiger partial charge >= 0.3 is 0 Å². The molecule has 0 bridgehead atoms. The van der Waals surface area contributed by atoms with Crippen LogP contribution in [0.25, 0.3) is 10.9 Å². The van der Waals surface area contributed by atoms with E-state index in [0.717, 1.165) is 20.9 Å². The highest BCUT2D eigenvalue weighted by Crippen LogP contribution is 2.24. The Hall–Kier alpha value is -1.16. The summed E-state index contributed by atoms with van der Waals surface area (Å²) in [4.78, 5) is 11.3. The number of H-pyrrole nitrogens is 1. The van der Waals surface area contributed by atoms with E-state index < -0.39 is 0 Å². The van der Waals surface area contributed by atoms with Gasteiger partial charge in [0.15, 0.2) is 5.78 Å². The zero-order valence-corrected chi connectivity index (χ0v) is 9.47. The van der Waals surface area contributed by atoms with Crippen LogP contribution in [0.4, 0.5) is 0 Å². The Morgan fingerprint density at radius 2 is 2.21 bits per heavy atom. The van der Waals surface area contributed by atoms with E-state index in [1.54, 1.807) is 0 Å². The quantitative estimate of drug-likeness (QED) is 0.794. The van der Waals surface area contributed by atoms with Crippen LogP contribution in [0.3, 0.4) is 0 Å². The van der Waals surface area contributed by atoms with Crippen molar-refractivity contribution < 1.29 is 4.79 Å². The summed E-state index contributed by atoms with van der Waals surface area (Å²) in [6.07, 6.45) is 0. The lowest BCUT2D eigenvalue weighted by Gasteiger charge is -1.96. The molecule has 14 heavy (non-hydrogen) atoms. The minimum Gasteiger partial charge on any atom is -0.293 e. The Labute approximate surface area is 89.6 Å². The molecule has 0 aliphatic carbocycles. The number of aromatic amines is 1. The monoisotopic (exact) mass is 252 g/mol. The summed E-state index contributed by atoms with van der Waals surface area (Å²) < 4.78 is 0.964. The van der Waals surface area contributed by atoms with Crippen LogP contribution < -0.4 is 0 Å². The summed E-state index contributed by atoms with van der Waals surface area (Å²) in [6, 6.07) is 3.88. The fourth-order valence-corrected chi connectivity index (χ4v) is 2.09. The van der Waals surface area contributed by atoms with Crippen LogP contribution in [0.2, 0.25) is 0 Å². The number of Topliss-reactive ketones (excluding diaryl/α,β-unsaturated/α-hetero) is 1. The third-order valence-corrected chi connectivity index (χ3v) is 2.62. The van der Waals surface area contributed by atoms with Crippen LogP contribution in [0, 0.1) is 6.92 Å². The van der Waals surface area contributed by atoms with E-state index in [1.807, 2.05) is 19.1 Å². The minimum atomic E-state index is 0.00463. The van der Waals surface area contributed by atoms with Crippen LogP contribution in [-0.2, 0) is 0 Å². The number of nitrogens with one attached hydrogen (secondary N) is 1. The van der Waals surface area contributed by atoms with Crippen LogP contribution >= 0.6 is 15.9 Å². The molecule has 72 valence electrons. The van der Waals surface area contributed by atoms with Gasteiger partial charge in [-0.1, -0.05) is 15.9 Å². The molecule has 2 aromatic rings. The summed E-state index contributed by atoms with van der Waals surface area (Å²) in [5.74, 6) is 0.00463. The minimum absolute atomic E-state index is 0.00463. The summed E-state index contributed by atoms with van der Waals surface area (Å²) >= 11 is 3.40. The predicted octanol–water partition coefficient (Wildman–Crippen LogP) is 2.84. The number of nitrogens with zero attached hydrogens (tertiary/aromatic N) is 1. The first-order chi connectivity index (χ1) is 6.59. The molecule has 1 aromatic heterocycles. The summed E-state index contributed by atoms with van der Waals surface area (Å²) in [7, 11) is 0. The molecule has 0 atom stereocenters. The highest BCUT2D eigenvalue weighted by Gasteiger charge is 2.11. The SMILES string of the molecule is CC(=O)c1[nH]nc2c(C)cc(Br)cc12. The zero-order chi connectivity index (χ0) is 10.3. The first kappa shape index (κ1) is 9.40. The molecular formula is C10H9BrN2O. The molecule has 0 radical (unpaired) electrons. The van der Waals surface area contributed by atoms with Crippen molar-refractivity contribution >= 4 is 32.6 Å². The molecule has 0 saturated carbocycles. The molecule has 0 aliphatic heterocycles. The Balaban J connectivity index is 2.85. The van der Waals surface area contributed by atoms with Crippen molar-refractivity contribution in [3.63, 3.8) is 0 Å². The normalized spacial score (nSPS) is 10.8. The van der Waals surface area contributed by atoms with E-state index in [1.165, 1.54) is 6.92 Å². The molecule has 0 aliphatic rings. The van der Waals surface area contributed by atoms with Gasteiger partial charge in [-0.2, -0.15) is 5.10 Å². The van der Waals surface area contributed by atoms with E-state index in [-0.39, 0.29) is 5.78 Å². The van der Waals surface area contributed by atoms with Crippen molar-refractivity contribution in [2.45, 2.75) is 13.8 Å². The molecule has 1 heterocycles. The number of aromatic nitrogens is 2. The average Bonchev–Trinajstić information content (AvgIpc) is 2.47. The fraction of sp³-hybridized carbons (Fsp3) is 0.200. The van der Waals surface area contributed by atoms with Crippen molar-refractivity contribution in [1.29, 1.82) is 0 Å². The molecule has 1 aromatic carbocycles. The van der Waals surface area contributed by atoms with Crippen LogP contribution in [0.1, 0.15) is 23.0 Å². The third kappa shape index (κ3) is 1.35. The van der Waals surface area contributed by atoms with Crippen molar-refractivity contribution in [2.24, 2.45) is 0 Å². The molecule has 0 saturated heterocycles. The van der Waals surface area contributed by atoms with Gasteiger partial charge in [-0.3, -0.25) is 9.89 Å². The Bertz CT molecular complexity index is 516. The summed E-state index contributed by atoms with van der Waals surface area (Å²) in [6.45, 7) is 3.50. The van der Waals surface area contributed by atoms with Crippen LogP contribution in [-0.4, -0.2) is 16.0 Å². The highest BCUT2D eigenvalue weighted by atomic mass is 79.9. The smallest absolute Gasteiger partial charge is 0.178 e. The van der Waals surface area contributed by atoms with Crippen molar-refractivity contribution in [3.8, 4) is 0 Å². The Kier molecular flexibility index (Phi) is 2.15. The van der Waals surface area contributed by atoms with Gasteiger partial charge in [0, 0.05) is 16.8 Å². The molecule has 2 rings (SSSR count). The number of hydrogen-bond acceptors (Lipinski definition) is 2. The maximum absolute atomic E-state index is 11.3. The average molecular weight is 253 g/mol. The van der Waals surface area contributed by atoms with Gasteiger partial charge in [0.1, 0.15) is 5.69 Å². The van der Waals surface area contributed by atoms with Gasteiger partial charge in [0.05, 0.1) is 5.52 Å². The predicted molar refractivity (Wildman–Crippen MR) is 58.5 cm³/mol. The van der Waals surface area contributed by atoms with E-state index in [9.17, 15) is 4.79 Å². The molecular weight excluding hydrogens is 244 g/mol. The largest absolute Gasteiger partial charge is 0.293 e. The molecule has 3 nitrogen and oxygen atoms in total. The van der Waals surface area contributed by atoms with Gasteiger partial charge in [-0.25, -0.2) is 0 Å². The first-order valence-corrected chi connectivity index (χ1v) is 5.04. The number of rotatable bonds is 1. The number of carbonyl (C=O) groups excluding carboxylic acids is 1. The van der Waals surface area contributed by atoms with Crippen LogP contribution in [0.5, 0.6) is 0 Å². The molecule has 4 heteroatoms. The molecule has 0 amide bonds. The maximum atomic E-state index is 11.3. The van der Waals surface area contributed by atoms with E-state index in [2.05, 4.69) is 26.1 Å². The highest BCUT2D eigenvalue weighted by molar-refractivity contribution is 9.10. The number of ketones is 1. The standard InChI is InChI=1S/C10H9BrN2O/c1-5-3-7(11)4-8-9(5)12-13-10(8)6(2)14/h3-4H,1-2H3,(H,12,13). The van der Waals surface area contributed by atoms with Crippen molar-refractivity contribution in [2.75, 3.05) is 0 Å². The summed E-state index contributed by atoms with van der Waals surface area (Å²) in [5, 5.41) is 7.75. The van der Waals surface area contributed by atoms with Crippen LogP contribution in [0.15, 0.2) is 16.6 Å². The Morgan fingerprint density at radius 3 is 2.86 bits per heavy atom. The lowest BCUT2D eigenvalue weighted by atomic mass is 10.1. The van der Waals surface area contributed by atoms with Crippen molar-refractivity contribution in [1.82, 2.24) is 10.2 Å². The van der Waals surface area contributed by atoms with Gasteiger partial charge in [-0.05, 0) is 24.6 Å². The maximum Gasteiger partial charge on any atom is 0.178 e. The second kappa shape index (κ2) is 3.20. The number of fused-ring (bicyclic) bond motifs is 1. The molecule has 1 N–H and O–H groups in total. The van der Waals surface area contributed by atoms with E-state index >= 15 is 0 Å². The van der Waals surface area contributed by atoms with Gasteiger partial charge in [-0.15, -0.1) is 0 Å². The summed E-state index contributed by atoms with van der Waals surface area (Å²) in [5.41, 5.74) is 2.49. The number of aryl methyl sites for hydroxylation is 1. The number of halogens is 1. The van der Waals surface area contributed by atoms with Gasteiger partial charge in [0.25, 0.3) is 0 Å². The number of carbonyl (C=O) groups is 1. The second-order valence-electron chi connectivity index (χ2n) is 3.27. The van der Waals surface area contributed by atoms with Crippen molar-refractivity contribution in [3.05, 3.63) is 27.9 Å². The van der Waals surface area contributed by atoms with E-state index in [4.69, 9.17) is 0 Å². The lowest BCUT2D eigenvalue weighted by molar-refractivity contribution is 0.101. The first-order valence-electron chi connectivity index (χ1n) is 4.25. The molecule has 0 spiro atoms. The third-order valence-electron chi connectivity index (χ3n) is 2.17. The zero-order valence-electron chi connectivity index (χ0n) is 7.89. The lowest BCUT2D eigenvalue weighted by Crippen LogP contribution is -1.92. The molecule has 0 unspecified atom stereocenters.